The van der Waals surface area contributed by atoms with Gasteiger partial charge in [-0.2, -0.15) is 13.5 Å². The Kier molecular flexibility index (Phi) is 6.31. The molecule has 1 unspecified atom stereocenters. The van der Waals surface area contributed by atoms with E-state index in [0.29, 0.717) is 24.0 Å². The Morgan fingerprint density at radius 1 is 1.23 bits per heavy atom. The molecule has 1 saturated heterocycles. The number of carbonyl (C=O) groups is 1. The van der Waals surface area contributed by atoms with Crippen LogP contribution in [0.5, 0.6) is 0 Å². The lowest BCUT2D eigenvalue weighted by Gasteiger charge is -2.34. The van der Waals surface area contributed by atoms with Crippen LogP contribution in [0.3, 0.4) is 0 Å². The molecule has 188 valence electrons. The second-order valence-corrected chi connectivity index (χ2v) is 11.6. The Balaban J connectivity index is 0.00000361. The van der Waals surface area contributed by atoms with E-state index in [1.54, 1.807) is 18.3 Å². The molecule has 1 aliphatic heterocycles. The molecule has 3 N–H and O–H groups in total. The highest BCUT2D eigenvalue weighted by molar-refractivity contribution is 7.90. The maximum absolute atomic E-state index is 13.3. The Morgan fingerprint density at radius 3 is 2.57 bits per heavy atom. The van der Waals surface area contributed by atoms with Crippen molar-refractivity contribution in [3.8, 4) is 11.3 Å². The Hall–Kier alpha value is -3.47. The smallest absolute Gasteiger partial charge is 0.281 e. The van der Waals surface area contributed by atoms with Gasteiger partial charge < -0.3 is 10.6 Å². The van der Waals surface area contributed by atoms with Crippen LogP contribution in [-0.2, 0) is 10.0 Å². The molecule has 3 aromatic rings. The van der Waals surface area contributed by atoms with Crippen molar-refractivity contribution in [2.24, 2.45) is 5.92 Å². The number of sulfonamides is 1. The minimum Gasteiger partial charge on any atom is -0.384 e. The van der Waals surface area contributed by atoms with Crippen LogP contribution >= 0.6 is 0 Å². The summed E-state index contributed by atoms with van der Waals surface area (Å²) in [4.78, 5) is 24.1. The minimum absolute atomic E-state index is 0. The van der Waals surface area contributed by atoms with Gasteiger partial charge in [0.15, 0.2) is 5.03 Å². The van der Waals surface area contributed by atoms with Gasteiger partial charge in [-0.15, -0.1) is 0 Å². The third-order valence-corrected chi connectivity index (χ3v) is 7.35. The van der Waals surface area contributed by atoms with Crippen molar-refractivity contribution >= 4 is 27.6 Å². The standard InChI is InChI=1S/C24H31N7O3S.H2/c1-15(2)31-14-17(12-26-31)19-10-9-18(22(27-19)30-13-16(3)11-24(30,4)5)23(32)29-35(33,34)21-8-6-7-20(25)28-21;/h6-10,12,14-16H,11,13H2,1-5H3,(H2,25,28)(H,29,32);1H. The van der Waals surface area contributed by atoms with E-state index in [-0.39, 0.29) is 29.4 Å². The molecule has 1 fully saturated rings. The first-order valence-electron chi connectivity index (χ1n) is 11.5. The molecule has 1 aliphatic rings. The second-order valence-electron chi connectivity index (χ2n) is 9.94. The first-order valence-corrected chi connectivity index (χ1v) is 13.0. The summed E-state index contributed by atoms with van der Waals surface area (Å²) in [7, 11) is -4.23. The third kappa shape index (κ3) is 5.00. The average molecular weight is 500 g/mol. The summed E-state index contributed by atoms with van der Waals surface area (Å²) in [6.45, 7) is 11.1. The quantitative estimate of drug-likeness (QED) is 0.526. The molecular weight excluding hydrogens is 466 g/mol. The van der Waals surface area contributed by atoms with Crippen molar-refractivity contribution in [2.45, 2.75) is 57.6 Å². The average Bonchev–Trinajstić information content (AvgIpc) is 3.37. The van der Waals surface area contributed by atoms with Crippen molar-refractivity contribution in [3.63, 3.8) is 0 Å². The molecule has 0 aliphatic carbocycles. The number of nitrogens with two attached hydrogens (primary N) is 1. The summed E-state index contributed by atoms with van der Waals surface area (Å²) < 4.78 is 29.6. The summed E-state index contributed by atoms with van der Waals surface area (Å²) in [5.41, 5.74) is 6.99. The second kappa shape index (κ2) is 8.95. The molecule has 0 radical (unpaired) electrons. The Bertz CT molecular complexity index is 1370. The van der Waals surface area contributed by atoms with Gasteiger partial charge in [0.2, 0.25) is 0 Å². The van der Waals surface area contributed by atoms with E-state index in [1.807, 2.05) is 24.7 Å². The number of rotatable bonds is 6. The fraction of sp³-hybridized carbons (Fsp3) is 0.417. The minimum atomic E-state index is -4.23. The van der Waals surface area contributed by atoms with Crippen molar-refractivity contribution < 1.29 is 14.6 Å². The van der Waals surface area contributed by atoms with Gasteiger partial charge in [0.1, 0.15) is 11.6 Å². The van der Waals surface area contributed by atoms with E-state index in [1.165, 1.54) is 18.2 Å². The van der Waals surface area contributed by atoms with Crippen LogP contribution in [0.2, 0.25) is 0 Å². The number of hydrogen-bond donors (Lipinski definition) is 2. The molecule has 10 nitrogen and oxygen atoms in total. The molecule has 35 heavy (non-hydrogen) atoms. The van der Waals surface area contributed by atoms with Crippen LogP contribution in [0, 0.1) is 5.92 Å². The number of hydrogen-bond acceptors (Lipinski definition) is 8. The monoisotopic (exact) mass is 499 g/mol. The molecule has 0 bridgehead atoms. The molecule has 0 aromatic carbocycles. The maximum Gasteiger partial charge on any atom is 0.281 e. The van der Waals surface area contributed by atoms with Gasteiger partial charge in [0.05, 0.1) is 17.5 Å². The summed E-state index contributed by atoms with van der Waals surface area (Å²) in [6, 6.07) is 7.73. The van der Waals surface area contributed by atoms with Crippen LogP contribution in [0.1, 0.15) is 58.9 Å². The number of anilines is 2. The fourth-order valence-electron chi connectivity index (χ4n) is 4.51. The van der Waals surface area contributed by atoms with E-state index >= 15 is 0 Å². The molecule has 4 rings (SSSR count). The molecular formula is C24H33N7O3S. The number of pyridine rings is 2. The van der Waals surface area contributed by atoms with E-state index in [9.17, 15) is 13.2 Å². The van der Waals surface area contributed by atoms with Gasteiger partial charge in [0, 0.05) is 31.3 Å². The first kappa shape index (κ1) is 24.6. The van der Waals surface area contributed by atoms with Crippen molar-refractivity contribution in [3.05, 3.63) is 48.3 Å². The zero-order valence-electron chi connectivity index (χ0n) is 20.6. The number of nitrogen functional groups attached to an aromatic ring is 1. The van der Waals surface area contributed by atoms with Crippen molar-refractivity contribution in [1.82, 2.24) is 24.5 Å². The van der Waals surface area contributed by atoms with Gasteiger partial charge in [0.25, 0.3) is 15.9 Å². The number of aromatic nitrogens is 4. The lowest BCUT2D eigenvalue weighted by atomic mass is 9.97. The molecule has 0 saturated carbocycles. The van der Waals surface area contributed by atoms with Crippen molar-refractivity contribution in [2.75, 3.05) is 17.2 Å². The Morgan fingerprint density at radius 2 is 1.97 bits per heavy atom. The van der Waals surface area contributed by atoms with Crippen LogP contribution in [-0.4, -0.2) is 46.2 Å². The van der Waals surface area contributed by atoms with Crippen LogP contribution in [0.4, 0.5) is 11.6 Å². The fourth-order valence-corrected chi connectivity index (χ4v) is 5.46. The summed E-state index contributed by atoms with van der Waals surface area (Å²) in [6.07, 6.45) is 4.56. The number of amides is 1. The predicted molar refractivity (Wildman–Crippen MR) is 136 cm³/mol. The van der Waals surface area contributed by atoms with E-state index in [4.69, 9.17) is 10.7 Å². The van der Waals surface area contributed by atoms with Gasteiger partial charge in [-0.05, 0) is 64.3 Å². The predicted octanol–water partition coefficient (Wildman–Crippen LogP) is 3.49. The maximum atomic E-state index is 13.3. The van der Waals surface area contributed by atoms with Gasteiger partial charge in [-0.1, -0.05) is 13.0 Å². The highest BCUT2D eigenvalue weighted by Gasteiger charge is 2.39. The Labute approximate surface area is 207 Å². The van der Waals surface area contributed by atoms with E-state index < -0.39 is 15.9 Å². The van der Waals surface area contributed by atoms with Crippen LogP contribution in [0.25, 0.3) is 11.3 Å². The molecule has 3 aromatic heterocycles. The summed E-state index contributed by atoms with van der Waals surface area (Å²) >= 11 is 0. The molecule has 1 atom stereocenters. The van der Waals surface area contributed by atoms with Crippen LogP contribution < -0.4 is 15.4 Å². The van der Waals surface area contributed by atoms with E-state index in [2.05, 4.69) is 40.5 Å². The SMILES string of the molecule is CC1CN(c2nc(-c3cnn(C(C)C)c3)ccc2C(=O)NS(=O)(=O)c2cccc(N)n2)C(C)(C)C1.[HH]. The van der Waals surface area contributed by atoms with Crippen molar-refractivity contribution in [1.29, 1.82) is 0 Å². The van der Waals surface area contributed by atoms with Crippen LogP contribution in [0.15, 0.2) is 47.8 Å². The zero-order valence-corrected chi connectivity index (χ0v) is 21.4. The van der Waals surface area contributed by atoms with E-state index in [0.717, 1.165) is 12.0 Å². The largest absolute Gasteiger partial charge is 0.384 e. The molecule has 11 heteroatoms. The van der Waals surface area contributed by atoms with Gasteiger partial charge in [-0.3, -0.25) is 9.48 Å². The summed E-state index contributed by atoms with van der Waals surface area (Å²) in [5, 5.41) is 4.07. The lowest BCUT2D eigenvalue weighted by molar-refractivity contribution is 0.0981. The molecule has 4 heterocycles. The number of carbonyl (C=O) groups excluding carboxylic acids is 1. The topological polar surface area (TPSA) is 136 Å². The number of nitrogens with one attached hydrogen (secondary N) is 1. The van der Waals surface area contributed by atoms with Gasteiger partial charge >= 0.3 is 0 Å². The third-order valence-electron chi connectivity index (χ3n) is 6.12. The zero-order chi connectivity index (χ0) is 25.5. The summed E-state index contributed by atoms with van der Waals surface area (Å²) in [5.74, 6) is 0.0796. The lowest BCUT2D eigenvalue weighted by Crippen LogP contribution is -2.41. The molecule has 1 amide bonds. The first-order chi connectivity index (χ1) is 16.4. The highest BCUT2D eigenvalue weighted by atomic mass is 32.2. The highest BCUT2D eigenvalue weighted by Crippen LogP contribution is 2.38. The number of nitrogens with zero attached hydrogens (tertiary/aromatic N) is 5. The molecule has 0 spiro atoms. The normalized spacial score (nSPS) is 17.7. The van der Waals surface area contributed by atoms with Gasteiger partial charge in [-0.25, -0.2) is 14.7 Å².